The van der Waals surface area contributed by atoms with Crippen LogP contribution in [0.15, 0.2) is 0 Å². The van der Waals surface area contributed by atoms with E-state index >= 15 is 0 Å². The molecule has 2 aliphatic rings. The van der Waals surface area contributed by atoms with Crippen LogP contribution in [0, 0.1) is 5.92 Å². The van der Waals surface area contributed by atoms with Crippen LogP contribution in [0.1, 0.15) is 19.3 Å². The topological polar surface area (TPSA) is 52.6 Å². The van der Waals surface area contributed by atoms with Crippen molar-refractivity contribution in [2.24, 2.45) is 5.92 Å². The average molecular weight is 198 g/mol. The third-order valence-electron chi connectivity index (χ3n) is 3.21. The third kappa shape index (κ3) is 1.91. The Morgan fingerprint density at radius 1 is 1.50 bits per heavy atom. The van der Waals surface area contributed by atoms with Crippen LogP contribution in [-0.4, -0.2) is 48.2 Å². The van der Waals surface area contributed by atoms with Crippen molar-refractivity contribution in [3.63, 3.8) is 0 Å². The van der Waals surface area contributed by atoms with Gasteiger partial charge in [0.15, 0.2) is 0 Å². The predicted molar refractivity (Wildman–Crippen MR) is 52.8 cm³/mol. The molecule has 0 aromatic carbocycles. The maximum atomic E-state index is 11.9. The predicted octanol–water partition coefficient (Wildman–Crippen LogP) is -0.421. The number of nitrogens with zero attached hydrogens (tertiary/aromatic N) is 1. The summed E-state index contributed by atoms with van der Waals surface area (Å²) in [6, 6.07) is 0.0486. The maximum absolute atomic E-state index is 11.9. The zero-order valence-electron chi connectivity index (χ0n) is 8.41. The number of hydrogen-bond donors (Lipinski definition) is 2. The molecule has 0 bridgehead atoms. The number of nitrogens with one attached hydrogen (secondary N) is 1. The van der Waals surface area contributed by atoms with E-state index in [4.69, 9.17) is 5.11 Å². The van der Waals surface area contributed by atoms with Crippen molar-refractivity contribution in [3.05, 3.63) is 0 Å². The molecule has 0 saturated carbocycles. The van der Waals surface area contributed by atoms with Gasteiger partial charge in [-0.2, -0.15) is 0 Å². The SMILES string of the molecule is O=C([C@@H]1CCCN1)N1CC[C@@H](CO)C1. The number of aliphatic hydroxyl groups excluding tert-OH is 1. The van der Waals surface area contributed by atoms with E-state index in [0.29, 0.717) is 5.92 Å². The fourth-order valence-corrected chi connectivity index (χ4v) is 2.30. The molecule has 0 aliphatic carbocycles. The summed E-state index contributed by atoms with van der Waals surface area (Å²) in [6.45, 7) is 2.74. The van der Waals surface area contributed by atoms with Gasteiger partial charge in [0.1, 0.15) is 0 Å². The molecule has 2 saturated heterocycles. The molecule has 0 spiro atoms. The Bertz CT molecular complexity index is 214. The lowest BCUT2D eigenvalue weighted by Crippen LogP contribution is -2.42. The van der Waals surface area contributed by atoms with Crippen molar-refractivity contribution in [2.45, 2.75) is 25.3 Å². The summed E-state index contributed by atoms with van der Waals surface area (Å²) in [4.78, 5) is 13.8. The van der Waals surface area contributed by atoms with Gasteiger partial charge in [-0.25, -0.2) is 0 Å². The molecule has 14 heavy (non-hydrogen) atoms. The highest BCUT2D eigenvalue weighted by Crippen LogP contribution is 2.18. The number of amides is 1. The Labute approximate surface area is 84.3 Å². The molecular formula is C10H18N2O2. The Kier molecular flexibility index (Phi) is 3.03. The van der Waals surface area contributed by atoms with Gasteiger partial charge >= 0.3 is 0 Å². The molecular weight excluding hydrogens is 180 g/mol. The highest BCUT2D eigenvalue weighted by molar-refractivity contribution is 5.82. The minimum Gasteiger partial charge on any atom is -0.396 e. The molecule has 2 N–H and O–H groups in total. The third-order valence-corrected chi connectivity index (χ3v) is 3.21. The molecule has 2 rings (SSSR count). The molecule has 0 unspecified atom stereocenters. The Morgan fingerprint density at radius 2 is 2.36 bits per heavy atom. The summed E-state index contributed by atoms with van der Waals surface area (Å²) in [7, 11) is 0. The fourth-order valence-electron chi connectivity index (χ4n) is 2.30. The van der Waals surface area contributed by atoms with Crippen LogP contribution >= 0.6 is 0 Å². The summed E-state index contributed by atoms with van der Waals surface area (Å²) in [5.74, 6) is 0.541. The summed E-state index contributed by atoms with van der Waals surface area (Å²) >= 11 is 0. The minimum atomic E-state index is 0.0486. The van der Waals surface area contributed by atoms with Crippen molar-refractivity contribution in [1.82, 2.24) is 10.2 Å². The first kappa shape index (κ1) is 9.93. The van der Waals surface area contributed by atoms with Crippen LogP contribution in [0.3, 0.4) is 0 Å². The molecule has 0 aromatic heterocycles. The van der Waals surface area contributed by atoms with Gasteiger partial charge in [0.05, 0.1) is 6.04 Å². The van der Waals surface area contributed by atoms with Gasteiger partial charge in [0, 0.05) is 25.6 Å². The van der Waals surface area contributed by atoms with E-state index in [2.05, 4.69) is 5.32 Å². The van der Waals surface area contributed by atoms with E-state index in [1.807, 2.05) is 4.90 Å². The lowest BCUT2D eigenvalue weighted by atomic mass is 10.1. The fraction of sp³-hybridized carbons (Fsp3) is 0.900. The van der Waals surface area contributed by atoms with E-state index in [0.717, 1.165) is 38.9 Å². The first-order chi connectivity index (χ1) is 6.81. The molecule has 2 fully saturated rings. The molecule has 0 radical (unpaired) electrons. The summed E-state index contributed by atoms with van der Waals surface area (Å²) in [6.07, 6.45) is 3.03. The Balaban J connectivity index is 1.86. The molecule has 1 amide bonds. The van der Waals surface area contributed by atoms with Crippen LogP contribution in [0.5, 0.6) is 0 Å². The van der Waals surface area contributed by atoms with Gasteiger partial charge in [0.2, 0.25) is 5.91 Å². The second-order valence-electron chi connectivity index (χ2n) is 4.27. The number of likely N-dealkylation sites (tertiary alicyclic amines) is 1. The molecule has 4 nitrogen and oxygen atoms in total. The van der Waals surface area contributed by atoms with Gasteiger partial charge < -0.3 is 15.3 Å². The monoisotopic (exact) mass is 198 g/mol. The van der Waals surface area contributed by atoms with Gasteiger partial charge in [-0.3, -0.25) is 4.79 Å². The van der Waals surface area contributed by atoms with Gasteiger partial charge in [0.25, 0.3) is 0 Å². The zero-order valence-corrected chi connectivity index (χ0v) is 8.41. The van der Waals surface area contributed by atoms with E-state index in [1.165, 1.54) is 0 Å². The number of carbonyl (C=O) groups is 1. The number of carbonyl (C=O) groups excluding carboxylic acids is 1. The maximum Gasteiger partial charge on any atom is 0.239 e. The van der Waals surface area contributed by atoms with E-state index in [-0.39, 0.29) is 18.6 Å². The molecule has 80 valence electrons. The van der Waals surface area contributed by atoms with E-state index in [1.54, 1.807) is 0 Å². The van der Waals surface area contributed by atoms with Crippen molar-refractivity contribution in [2.75, 3.05) is 26.2 Å². The standard InChI is InChI=1S/C10H18N2O2/c13-7-8-3-5-12(6-8)10(14)9-2-1-4-11-9/h8-9,11,13H,1-7H2/t8-,9+/m1/s1. The quantitative estimate of drug-likeness (QED) is 0.633. The first-order valence-corrected chi connectivity index (χ1v) is 5.44. The summed E-state index contributed by atoms with van der Waals surface area (Å²) < 4.78 is 0. The van der Waals surface area contributed by atoms with Gasteiger partial charge in [-0.15, -0.1) is 0 Å². The summed E-state index contributed by atoms with van der Waals surface area (Å²) in [5, 5.41) is 12.2. The number of hydrogen-bond acceptors (Lipinski definition) is 3. The Morgan fingerprint density at radius 3 is 2.93 bits per heavy atom. The van der Waals surface area contributed by atoms with Crippen LogP contribution in [-0.2, 0) is 4.79 Å². The second kappa shape index (κ2) is 4.28. The van der Waals surface area contributed by atoms with Crippen molar-refractivity contribution < 1.29 is 9.90 Å². The summed E-state index contributed by atoms with van der Waals surface area (Å²) in [5.41, 5.74) is 0. The largest absolute Gasteiger partial charge is 0.396 e. The van der Waals surface area contributed by atoms with E-state index in [9.17, 15) is 4.79 Å². The van der Waals surface area contributed by atoms with E-state index < -0.39 is 0 Å². The minimum absolute atomic E-state index is 0.0486. The van der Waals surface area contributed by atoms with Gasteiger partial charge in [-0.1, -0.05) is 0 Å². The Hall–Kier alpha value is -0.610. The number of aliphatic hydroxyl groups is 1. The van der Waals surface area contributed by atoms with Crippen LogP contribution in [0.25, 0.3) is 0 Å². The lowest BCUT2D eigenvalue weighted by Gasteiger charge is -2.20. The smallest absolute Gasteiger partial charge is 0.239 e. The van der Waals surface area contributed by atoms with Crippen LogP contribution < -0.4 is 5.32 Å². The molecule has 4 heteroatoms. The highest BCUT2D eigenvalue weighted by atomic mass is 16.3. The lowest BCUT2D eigenvalue weighted by molar-refractivity contribution is -0.132. The normalized spacial score (nSPS) is 32.5. The highest BCUT2D eigenvalue weighted by Gasteiger charge is 2.31. The molecule has 2 heterocycles. The van der Waals surface area contributed by atoms with Crippen molar-refractivity contribution in [1.29, 1.82) is 0 Å². The van der Waals surface area contributed by atoms with Crippen LogP contribution in [0.2, 0.25) is 0 Å². The molecule has 2 aliphatic heterocycles. The first-order valence-electron chi connectivity index (χ1n) is 5.44. The molecule has 2 atom stereocenters. The second-order valence-corrected chi connectivity index (χ2v) is 4.27. The average Bonchev–Trinajstić information content (AvgIpc) is 2.88. The molecule has 0 aromatic rings. The van der Waals surface area contributed by atoms with Crippen molar-refractivity contribution in [3.8, 4) is 0 Å². The number of rotatable bonds is 2. The van der Waals surface area contributed by atoms with Crippen molar-refractivity contribution >= 4 is 5.91 Å². The van der Waals surface area contributed by atoms with Gasteiger partial charge in [-0.05, 0) is 25.8 Å². The zero-order chi connectivity index (χ0) is 9.97. The van der Waals surface area contributed by atoms with Crippen LogP contribution in [0.4, 0.5) is 0 Å².